The summed E-state index contributed by atoms with van der Waals surface area (Å²) in [5, 5.41) is 4.80. The van der Waals surface area contributed by atoms with Crippen LogP contribution in [0.4, 0.5) is 26.3 Å². The maximum absolute atomic E-state index is 14.2. The van der Waals surface area contributed by atoms with E-state index in [0.717, 1.165) is 12.1 Å². The number of alkyl halides is 5. The molecule has 2 atom stereocenters. The fourth-order valence-electron chi connectivity index (χ4n) is 4.02. The summed E-state index contributed by atoms with van der Waals surface area (Å²) >= 11 is 11.4. The zero-order valence-electron chi connectivity index (χ0n) is 19.5. The third kappa shape index (κ3) is 5.42. The third-order valence-electron chi connectivity index (χ3n) is 6.07. The molecule has 1 fully saturated rings. The summed E-state index contributed by atoms with van der Waals surface area (Å²) in [5.74, 6) is -5.48. The van der Waals surface area contributed by atoms with Gasteiger partial charge in [-0.25, -0.2) is 12.8 Å². The van der Waals surface area contributed by atoms with E-state index in [1.54, 1.807) is 0 Å². The van der Waals surface area contributed by atoms with Crippen LogP contribution in [-0.2, 0) is 25.3 Å². The monoisotopic (exact) mass is 619 g/mol. The van der Waals surface area contributed by atoms with Gasteiger partial charge in [-0.15, -0.1) is 0 Å². The van der Waals surface area contributed by atoms with Gasteiger partial charge in [0.2, 0.25) is 0 Å². The molecule has 2 heterocycles. The van der Waals surface area contributed by atoms with Crippen LogP contribution in [0.1, 0.15) is 33.5 Å². The standard InChI is InChI=1S/C22H17Cl2F6N3O5S/c1-10-4-11(2-3-14(10)19(34)31-13-8-33(37-9-13)39(35,36)20(26)27)17-7-21(38-32-17,22(28,29)30)12-5-15(23)18(25)16(24)6-12/h2-6,13,20H,7-9H2,1H3,(H,31,34)/t13-,21+/m1/s1. The molecule has 0 saturated carbocycles. The molecule has 2 aliphatic rings. The minimum atomic E-state index is -5.01. The number of hydroxylamine groups is 1. The molecule has 1 N–H and O–H groups in total. The number of aryl methyl sites for hydroxylation is 1. The lowest BCUT2D eigenvalue weighted by molar-refractivity contribution is -0.275. The number of carbonyl (C=O) groups is 1. The van der Waals surface area contributed by atoms with Gasteiger partial charge >= 0.3 is 11.9 Å². The van der Waals surface area contributed by atoms with Crippen molar-refractivity contribution in [2.45, 2.75) is 36.9 Å². The van der Waals surface area contributed by atoms with Crippen molar-refractivity contribution in [1.29, 1.82) is 0 Å². The molecule has 4 rings (SSSR count). The average molecular weight is 620 g/mol. The second-order valence-electron chi connectivity index (χ2n) is 8.67. The molecule has 2 aromatic carbocycles. The van der Waals surface area contributed by atoms with Crippen molar-refractivity contribution in [1.82, 2.24) is 9.79 Å². The lowest BCUT2D eigenvalue weighted by Crippen LogP contribution is -2.42. The Kier molecular flexibility index (Phi) is 7.86. The van der Waals surface area contributed by atoms with E-state index in [4.69, 9.17) is 32.9 Å². The molecule has 1 saturated heterocycles. The van der Waals surface area contributed by atoms with Crippen LogP contribution in [0.5, 0.6) is 0 Å². The molecule has 2 aliphatic heterocycles. The fraction of sp³-hybridized carbons (Fsp3) is 0.364. The summed E-state index contributed by atoms with van der Waals surface area (Å²) in [6.45, 7) is 0.574. The van der Waals surface area contributed by atoms with Crippen molar-refractivity contribution in [3.05, 3.63) is 68.4 Å². The van der Waals surface area contributed by atoms with Crippen LogP contribution < -0.4 is 5.32 Å². The summed E-state index contributed by atoms with van der Waals surface area (Å²) in [7, 11) is -4.99. The maximum atomic E-state index is 14.2. The highest BCUT2D eigenvalue weighted by Gasteiger charge is 2.62. The van der Waals surface area contributed by atoms with Crippen molar-refractivity contribution >= 4 is 44.8 Å². The minimum absolute atomic E-state index is 0.0765. The molecule has 0 radical (unpaired) electrons. The van der Waals surface area contributed by atoms with Crippen molar-refractivity contribution in [2.24, 2.45) is 5.16 Å². The first-order chi connectivity index (χ1) is 18.1. The number of nitrogens with one attached hydrogen (secondary N) is 1. The van der Waals surface area contributed by atoms with Crippen molar-refractivity contribution in [2.75, 3.05) is 13.2 Å². The summed E-state index contributed by atoms with van der Waals surface area (Å²) in [4.78, 5) is 22.3. The van der Waals surface area contributed by atoms with Gasteiger partial charge < -0.3 is 10.2 Å². The van der Waals surface area contributed by atoms with E-state index in [1.807, 2.05) is 0 Å². The molecule has 17 heteroatoms. The molecule has 2 aromatic rings. The van der Waals surface area contributed by atoms with Crippen molar-refractivity contribution in [3.63, 3.8) is 0 Å². The third-order valence-corrected chi connectivity index (χ3v) is 7.90. The Morgan fingerprint density at radius 2 is 1.85 bits per heavy atom. The summed E-state index contributed by atoms with van der Waals surface area (Å²) in [6.07, 6.45) is -5.82. The predicted octanol–water partition coefficient (Wildman–Crippen LogP) is 4.92. The Labute approximate surface area is 227 Å². The van der Waals surface area contributed by atoms with Crippen LogP contribution in [0, 0.1) is 12.7 Å². The van der Waals surface area contributed by atoms with Gasteiger partial charge in [-0.3, -0.25) is 9.63 Å². The number of nitrogens with zero attached hydrogens (tertiary/aromatic N) is 2. The zero-order chi connectivity index (χ0) is 28.9. The first-order valence-electron chi connectivity index (χ1n) is 10.9. The van der Waals surface area contributed by atoms with Gasteiger partial charge in [0.15, 0.2) is 5.82 Å². The van der Waals surface area contributed by atoms with Gasteiger partial charge in [0.25, 0.3) is 21.5 Å². The van der Waals surface area contributed by atoms with Gasteiger partial charge in [0.1, 0.15) is 0 Å². The average Bonchev–Trinajstić information content (AvgIpc) is 3.50. The van der Waals surface area contributed by atoms with Gasteiger partial charge in [-0.2, -0.15) is 22.0 Å². The maximum Gasteiger partial charge on any atom is 0.435 e. The van der Waals surface area contributed by atoms with Gasteiger partial charge in [-0.1, -0.05) is 38.9 Å². The highest BCUT2D eigenvalue weighted by molar-refractivity contribution is 7.89. The van der Waals surface area contributed by atoms with E-state index < -0.39 is 73.9 Å². The van der Waals surface area contributed by atoms with Gasteiger partial charge in [-0.05, 0) is 42.3 Å². The van der Waals surface area contributed by atoms with E-state index in [1.165, 1.54) is 25.1 Å². The largest absolute Gasteiger partial charge is 0.435 e. The number of amides is 1. The lowest BCUT2D eigenvalue weighted by Gasteiger charge is -2.29. The normalized spacial score (nSPS) is 22.2. The SMILES string of the molecule is Cc1cc(C2=NO[C@@](c3cc(Cl)c(F)c(Cl)c3)(C(F)(F)F)C2)ccc1C(=O)N[C@H]1CON(S(=O)(=O)C(F)F)C1. The molecule has 212 valence electrons. The second kappa shape index (κ2) is 10.4. The molecule has 0 bridgehead atoms. The number of oxime groups is 1. The Morgan fingerprint density at radius 3 is 2.41 bits per heavy atom. The van der Waals surface area contributed by atoms with E-state index in [0.29, 0.717) is 5.56 Å². The van der Waals surface area contributed by atoms with Crippen molar-refractivity contribution in [3.8, 4) is 0 Å². The van der Waals surface area contributed by atoms with Gasteiger partial charge in [0, 0.05) is 17.5 Å². The topological polar surface area (TPSA) is 97.3 Å². The Bertz CT molecular complexity index is 1430. The van der Waals surface area contributed by atoms with E-state index in [2.05, 4.69) is 10.5 Å². The second-order valence-corrected chi connectivity index (χ2v) is 11.3. The quantitative estimate of drug-likeness (QED) is 0.366. The molecule has 0 aliphatic carbocycles. The van der Waals surface area contributed by atoms with Crippen molar-refractivity contribution < 1.29 is 49.2 Å². The van der Waals surface area contributed by atoms with Gasteiger partial charge in [0.05, 0.1) is 35.0 Å². The Morgan fingerprint density at radius 1 is 1.21 bits per heavy atom. The van der Waals surface area contributed by atoms with Crippen LogP contribution in [0.15, 0.2) is 35.5 Å². The molecule has 8 nitrogen and oxygen atoms in total. The number of hydrogen-bond acceptors (Lipinski definition) is 6. The molecular formula is C22H17Cl2F6N3O5S. The number of rotatable bonds is 6. The van der Waals surface area contributed by atoms with E-state index in [-0.39, 0.29) is 27.9 Å². The summed E-state index contributed by atoms with van der Waals surface area (Å²) in [5.41, 5.74) is -3.11. The number of sulfonamides is 1. The number of benzene rings is 2. The molecular weight excluding hydrogens is 603 g/mol. The first kappa shape index (κ1) is 29.4. The van der Waals surface area contributed by atoms with E-state index in [9.17, 15) is 39.6 Å². The Hall–Kier alpha value is -2.59. The molecule has 39 heavy (non-hydrogen) atoms. The van der Waals surface area contributed by atoms with Crippen LogP contribution in [0.25, 0.3) is 0 Å². The zero-order valence-corrected chi connectivity index (χ0v) is 21.9. The van der Waals surface area contributed by atoms with E-state index >= 15 is 0 Å². The van der Waals surface area contributed by atoms with Crippen LogP contribution in [-0.4, -0.2) is 55.6 Å². The molecule has 0 aromatic heterocycles. The van der Waals surface area contributed by atoms with Crippen LogP contribution >= 0.6 is 23.2 Å². The molecule has 0 spiro atoms. The summed E-state index contributed by atoms with van der Waals surface area (Å²) < 4.78 is 105. The van der Waals surface area contributed by atoms with Crippen LogP contribution in [0.2, 0.25) is 10.0 Å². The number of halogens is 8. The fourth-order valence-corrected chi connectivity index (χ4v) is 5.28. The first-order valence-corrected chi connectivity index (χ1v) is 13.1. The van der Waals surface area contributed by atoms with Crippen LogP contribution in [0.3, 0.4) is 0 Å². The molecule has 1 amide bonds. The predicted molar refractivity (Wildman–Crippen MR) is 126 cm³/mol. The molecule has 0 unspecified atom stereocenters. The summed E-state index contributed by atoms with van der Waals surface area (Å²) in [6, 6.07) is 4.58. The number of carbonyl (C=O) groups excluding carboxylic acids is 1. The Balaban J connectivity index is 1.52. The number of hydrogen-bond donors (Lipinski definition) is 1. The minimum Gasteiger partial charge on any atom is -0.374 e. The smallest absolute Gasteiger partial charge is 0.374 e. The highest BCUT2D eigenvalue weighted by atomic mass is 35.5. The lowest BCUT2D eigenvalue weighted by atomic mass is 9.86. The highest BCUT2D eigenvalue weighted by Crippen LogP contribution is 2.50.